The van der Waals surface area contributed by atoms with Gasteiger partial charge in [-0.15, -0.1) is 0 Å². The molecule has 1 aromatic rings. The molecule has 1 rings (SSSR count). The van der Waals surface area contributed by atoms with Gasteiger partial charge in [0.25, 0.3) is 0 Å². The third kappa shape index (κ3) is 3.45. The Morgan fingerprint density at radius 3 is 2.50 bits per heavy atom. The molecule has 0 fully saturated rings. The molecule has 0 amide bonds. The van der Waals surface area contributed by atoms with E-state index in [2.05, 4.69) is 0 Å². The molecule has 0 radical (unpaired) electrons. The average molecular weight is 253 g/mol. The Bertz CT molecular complexity index is 392. The van der Waals surface area contributed by atoms with E-state index in [0.717, 1.165) is 6.07 Å². The minimum Gasteiger partial charge on any atom is -0.489 e. The third-order valence-electron chi connectivity index (χ3n) is 1.76. The molecular weight excluding hydrogens is 246 g/mol. The molecule has 0 aliphatic heterocycles. The molecule has 1 nitrogen and oxygen atoms in total. The zero-order valence-electron chi connectivity index (χ0n) is 7.97. The van der Waals surface area contributed by atoms with Crippen LogP contribution in [0, 0.1) is 5.82 Å². The van der Waals surface area contributed by atoms with Crippen molar-refractivity contribution in [3.63, 3.8) is 0 Å². The molecule has 0 atom stereocenters. The van der Waals surface area contributed by atoms with Crippen LogP contribution in [0.4, 0.5) is 17.3 Å². The van der Waals surface area contributed by atoms with Crippen molar-refractivity contribution in [2.45, 2.75) is 0 Å². The van der Waals surface area contributed by atoms with Crippen molar-refractivity contribution in [2.75, 3.05) is 6.61 Å². The van der Waals surface area contributed by atoms with Crippen molar-refractivity contribution in [3.8, 4) is 5.75 Å². The van der Waals surface area contributed by atoms with Crippen molar-refractivity contribution in [1.82, 2.24) is 0 Å². The second-order valence-electron chi connectivity index (χ2n) is 2.93. The van der Waals surface area contributed by atoms with Gasteiger partial charge >= 0.3 is 6.98 Å². The highest BCUT2D eigenvalue weighted by molar-refractivity contribution is 6.73. The Labute approximate surface area is 94.7 Å². The summed E-state index contributed by atoms with van der Waals surface area (Å²) in [5.74, 6) is -1.31. The number of rotatable bonds is 4. The lowest BCUT2D eigenvalue weighted by atomic mass is 9.80. The van der Waals surface area contributed by atoms with Gasteiger partial charge < -0.3 is 17.7 Å². The van der Waals surface area contributed by atoms with Gasteiger partial charge in [-0.2, -0.15) is 0 Å². The highest BCUT2D eigenvalue weighted by Crippen LogP contribution is 2.16. The fraction of sp³-hybridized carbons (Fsp3) is 0.111. The highest BCUT2D eigenvalue weighted by Gasteiger charge is 2.28. The van der Waals surface area contributed by atoms with Crippen LogP contribution in [0.2, 0.25) is 0 Å². The van der Waals surface area contributed by atoms with E-state index in [-0.39, 0.29) is 12.4 Å². The van der Waals surface area contributed by atoms with E-state index in [9.17, 15) is 17.3 Å². The summed E-state index contributed by atoms with van der Waals surface area (Å²) in [7, 11) is 0. The first-order chi connectivity index (χ1) is 7.45. The Morgan fingerprint density at radius 1 is 1.31 bits per heavy atom. The lowest BCUT2D eigenvalue weighted by Gasteiger charge is -2.16. The van der Waals surface area contributed by atoms with Crippen LogP contribution in [0.15, 0.2) is 29.8 Å². The van der Waals surface area contributed by atoms with Crippen molar-refractivity contribution in [3.05, 3.63) is 35.6 Å². The van der Waals surface area contributed by atoms with Crippen LogP contribution in [-0.4, -0.2) is 13.6 Å². The van der Waals surface area contributed by atoms with Gasteiger partial charge in [0.05, 0.1) is 5.82 Å². The molecule has 0 saturated heterocycles. The second-order valence-corrected chi connectivity index (χ2v) is 3.18. The molecule has 0 bridgehead atoms. The van der Waals surface area contributed by atoms with Crippen LogP contribution >= 0.6 is 11.6 Å². The maximum Gasteiger partial charge on any atom is 0.512 e. The third-order valence-corrected chi connectivity index (χ3v) is 1.94. The van der Waals surface area contributed by atoms with E-state index in [1.807, 2.05) is 0 Å². The Balaban J connectivity index is 2.83. The molecule has 0 aliphatic carbocycles. The summed E-state index contributed by atoms with van der Waals surface area (Å²) in [5.41, 5.74) is -0.0518. The van der Waals surface area contributed by atoms with E-state index in [4.69, 9.17) is 16.3 Å². The molecule has 0 aliphatic rings. The first-order valence-electron chi connectivity index (χ1n) is 4.32. The Hall–Kier alpha value is -1.17. The number of hydrogen-bond acceptors (Lipinski definition) is 1. The summed E-state index contributed by atoms with van der Waals surface area (Å²) < 4.78 is 54.7. The molecule has 0 unspecified atom stereocenters. The number of hydrogen-bond donors (Lipinski definition) is 0. The van der Waals surface area contributed by atoms with Crippen LogP contribution in [0.1, 0.15) is 0 Å². The smallest absolute Gasteiger partial charge is 0.489 e. The zero-order valence-corrected chi connectivity index (χ0v) is 8.73. The normalized spacial score (nSPS) is 12.1. The van der Waals surface area contributed by atoms with Gasteiger partial charge in [0, 0.05) is 11.6 Å². The van der Waals surface area contributed by atoms with Crippen molar-refractivity contribution in [2.24, 2.45) is 0 Å². The Kier molecular flexibility index (Phi) is 4.23. The SMILES string of the molecule is Fc1cc(OC/C=C/Cl)ccc1[B-](F)(F)F. The molecule has 0 N–H and O–H groups in total. The lowest BCUT2D eigenvalue weighted by Crippen LogP contribution is -2.36. The summed E-state index contributed by atoms with van der Waals surface area (Å²) in [4.78, 5) is 0. The first kappa shape index (κ1) is 12.9. The molecule has 0 heterocycles. The molecule has 88 valence electrons. The largest absolute Gasteiger partial charge is 0.512 e. The summed E-state index contributed by atoms with van der Waals surface area (Å²) in [5, 5.41) is 0. The quantitative estimate of drug-likeness (QED) is 0.592. The summed E-state index contributed by atoms with van der Waals surface area (Å²) >= 11 is 5.20. The topological polar surface area (TPSA) is 9.23 Å². The van der Waals surface area contributed by atoms with Gasteiger partial charge in [0.2, 0.25) is 0 Å². The van der Waals surface area contributed by atoms with E-state index in [1.165, 1.54) is 11.6 Å². The van der Waals surface area contributed by atoms with Crippen molar-refractivity contribution < 1.29 is 22.1 Å². The van der Waals surface area contributed by atoms with Gasteiger partial charge in [-0.25, -0.2) is 4.39 Å². The van der Waals surface area contributed by atoms with Gasteiger partial charge in [-0.3, -0.25) is 0 Å². The molecule has 0 saturated carbocycles. The van der Waals surface area contributed by atoms with Crippen LogP contribution < -0.4 is 10.2 Å². The molecule has 1 aromatic carbocycles. The average Bonchev–Trinajstić information content (AvgIpc) is 2.16. The van der Waals surface area contributed by atoms with E-state index in [0.29, 0.717) is 12.1 Å². The summed E-state index contributed by atoms with van der Waals surface area (Å²) in [6.45, 7) is -5.26. The van der Waals surface area contributed by atoms with Gasteiger partial charge in [0.15, 0.2) is 0 Å². The van der Waals surface area contributed by atoms with Crippen LogP contribution in [-0.2, 0) is 0 Å². The first-order valence-corrected chi connectivity index (χ1v) is 4.76. The second kappa shape index (κ2) is 5.25. The Morgan fingerprint density at radius 2 is 2.00 bits per heavy atom. The van der Waals surface area contributed by atoms with Crippen LogP contribution in [0.25, 0.3) is 0 Å². The number of halogens is 5. The van der Waals surface area contributed by atoms with Crippen LogP contribution in [0.3, 0.4) is 0 Å². The summed E-state index contributed by atoms with van der Waals surface area (Å²) in [6.07, 6.45) is 1.43. The van der Waals surface area contributed by atoms with Crippen molar-refractivity contribution >= 4 is 24.0 Å². The van der Waals surface area contributed by atoms with E-state index < -0.39 is 18.3 Å². The van der Waals surface area contributed by atoms with Gasteiger partial charge in [-0.05, 0) is 12.1 Å². The molecule has 0 spiro atoms. The highest BCUT2D eigenvalue weighted by atomic mass is 35.5. The maximum absolute atomic E-state index is 13.0. The molecular formula is C9H7BClF4O-. The number of ether oxygens (including phenoxy) is 1. The van der Waals surface area contributed by atoms with Gasteiger partial charge in [0.1, 0.15) is 12.4 Å². The number of benzene rings is 1. The lowest BCUT2D eigenvalue weighted by molar-refractivity contribution is 0.361. The minimum absolute atomic E-state index is 0.0241. The fourth-order valence-corrected chi connectivity index (χ4v) is 1.12. The monoisotopic (exact) mass is 253 g/mol. The molecule has 16 heavy (non-hydrogen) atoms. The fourth-order valence-electron chi connectivity index (χ4n) is 1.04. The summed E-state index contributed by atoms with van der Waals surface area (Å²) in [6, 6.07) is 2.43. The van der Waals surface area contributed by atoms with Crippen molar-refractivity contribution in [1.29, 1.82) is 0 Å². The van der Waals surface area contributed by atoms with E-state index >= 15 is 0 Å². The maximum atomic E-state index is 13.0. The standard InChI is InChI=1S/C9H7BClF4O/c11-4-1-5-16-7-2-3-8(9(12)6-7)10(13,14)15/h1-4,6H,5H2/q-1/b4-1+. The zero-order chi connectivity index (χ0) is 12.2. The van der Waals surface area contributed by atoms with Gasteiger partial charge in [-0.1, -0.05) is 23.1 Å². The predicted octanol–water partition coefficient (Wildman–Crippen LogP) is 3.01. The predicted molar refractivity (Wildman–Crippen MR) is 55.6 cm³/mol. The van der Waals surface area contributed by atoms with Crippen LogP contribution in [0.5, 0.6) is 5.75 Å². The van der Waals surface area contributed by atoms with E-state index in [1.54, 1.807) is 0 Å². The molecule has 7 heteroatoms. The minimum atomic E-state index is -5.33. The molecule has 0 aromatic heterocycles.